The van der Waals surface area contributed by atoms with E-state index in [9.17, 15) is 19.8 Å². The van der Waals surface area contributed by atoms with E-state index in [0.29, 0.717) is 23.7 Å². The predicted molar refractivity (Wildman–Crippen MR) is 105 cm³/mol. The molecule has 7 heteroatoms. The Morgan fingerprint density at radius 1 is 1.25 bits per heavy atom. The SMILES string of the molecule is CNC1C2CN(c3ccc4c(c3)CCCc3c-4[nH]c(=O)c(C(=O)O)c3O)CC21. The molecule has 2 atom stereocenters. The summed E-state index contributed by atoms with van der Waals surface area (Å²) in [7, 11) is 2.03. The molecule has 1 aliphatic heterocycles. The Balaban J connectivity index is 1.53. The minimum Gasteiger partial charge on any atom is -0.506 e. The van der Waals surface area contributed by atoms with Crippen LogP contribution in [0.3, 0.4) is 0 Å². The van der Waals surface area contributed by atoms with Gasteiger partial charge in [-0.25, -0.2) is 4.79 Å². The first kappa shape index (κ1) is 17.3. The van der Waals surface area contributed by atoms with Crippen LogP contribution in [0.15, 0.2) is 23.0 Å². The van der Waals surface area contributed by atoms with Crippen LogP contribution in [0.4, 0.5) is 5.69 Å². The molecule has 0 spiro atoms. The Morgan fingerprint density at radius 2 is 2.00 bits per heavy atom. The summed E-state index contributed by atoms with van der Waals surface area (Å²) >= 11 is 0. The van der Waals surface area contributed by atoms with Gasteiger partial charge in [0.1, 0.15) is 5.75 Å². The average molecular weight is 381 g/mol. The maximum Gasteiger partial charge on any atom is 0.345 e. The molecule has 2 aliphatic carbocycles. The molecule has 7 nitrogen and oxygen atoms in total. The van der Waals surface area contributed by atoms with Crippen molar-refractivity contribution in [1.29, 1.82) is 0 Å². The van der Waals surface area contributed by atoms with Crippen LogP contribution in [0, 0.1) is 11.8 Å². The van der Waals surface area contributed by atoms with E-state index < -0.39 is 22.8 Å². The summed E-state index contributed by atoms with van der Waals surface area (Å²) in [5.41, 5.74) is 2.91. The Bertz CT molecular complexity index is 1030. The van der Waals surface area contributed by atoms with E-state index in [2.05, 4.69) is 27.3 Å². The number of hydrogen-bond acceptors (Lipinski definition) is 5. The standard InChI is InChI=1S/C21H23N3O4/c1-22-17-14-8-24(9-15(14)17)11-5-6-12-10(7-11)3-2-4-13-18(12)23-20(26)16(19(13)25)21(27)28/h5-7,14-15,17,22H,2-4,8-9H2,1H3,(H,27,28)(H2,23,25,26). The molecule has 5 rings (SSSR count). The highest BCUT2D eigenvalue weighted by molar-refractivity contribution is 5.92. The van der Waals surface area contributed by atoms with E-state index in [1.807, 2.05) is 13.1 Å². The van der Waals surface area contributed by atoms with E-state index in [1.165, 1.54) is 5.69 Å². The van der Waals surface area contributed by atoms with Crippen molar-refractivity contribution in [2.45, 2.75) is 25.3 Å². The lowest BCUT2D eigenvalue weighted by Crippen LogP contribution is -2.29. The maximum atomic E-state index is 12.2. The maximum absolute atomic E-state index is 12.2. The fraction of sp³-hybridized carbons (Fsp3) is 0.429. The third-order valence-electron chi connectivity index (χ3n) is 6.63. The number of aryl methyl sites for hydroxylation is 1. The lowest BCUT2D eigenvalue weighted by Gasteiger charge is -2.23. The third kappa shape index (κ3) is 2.46. The number of rotatable bonds is 3. The van der Waals surface area contributed by atoms with Gasteiger partial charge in [-0.2, -0.15) is 0 Å². The molecule has 0 radical (unpaired) electrons. The van der Waals surface area contributed by atoms with Crippen LogP contribution in [-0.2, 0) is 12.8 Å². The number of hydrogen-bond donors (Lipinski definition) is 4. The average Bonchev–Trinajstić information content (AvgIpc) is 3.21. The van der Waals surface area contributed by atoms with Crippen LogP contribution < -0.4 is 15.8 Å². The summed E-state index contributed by atoms with van der Waals surface area (Å²) in [4.78, 5) is 28.7. The van der Waals surface area contributed by atoms with Crippen molar-refractivity contribution in [3.8, 4) is 17.0 Å². The van der Waals surface area contributed by atoms with Crippen LogP contribution in [0.25, 0.3) is 11.3 Å². The smallest absolute Gasteiger partial charge is 0.345 e. The van der Waals surface area contributed by atoms with Crippen molar-refractivity contribution >= 4 is 11.7 Å². The number of piperidine rings is 1. The van der Waals surface area contributed by atoms with Gasteiger partial charge in [-0.3, -0.25) is 4.79 Å². The van der Waals surface area contributed by atoms with Crippen LogP contribution in [0.2, 0.25) is 0 Å². The minimum absolute atomic E-state index is 0.402. The molecule has 28 heavy (non-hydrogen) atoms. The number of nitrogens with one attached hydrogen (secondary N) is 2. The topological polar surface area (TPSA) is 106 Å². The first-order valence-electron chi connectivity index (χ1n) is 9.76. The third-order valence-corrected chi connectivity index (χ3v) is 6.63. The minimum atomic E-state index is -1.41. The van der Waals surface area contributed by atoms with Gasteiger partial charge >= 0.3 is 5.97 Å². The number of anilines is 1. The van der Waals surface area contributed by atoms with Gasteiger partial charge in [0, 0.05) is 35.9 Å². The van der Waals surface area contributed by atoms with Gasteiger partial charge in [0.05, 0.1) is 5.69 Å². The van der Waals surface area contributed by atoms with E-state index >= 15 is 0 Å². The number of aromatic amines is 1. The number of carbonyl (C=O) groups is 1. The lowest BCUT2D eigenvalue weighted by atomic mass is 9.99. The molecular weight excluding hydrogens is 358 g/mol. The highest BCUT2D eigenvalue weighted by atomic mass is 16.4. The van der Waals surface area contributed by atoms with Crippen molar-refractivity contribution in [3.63, 3.8) is 0 Å². The number of nitrogens with zero attached hydrogens (tertiary/aromatic N) is 1. The van der Waals surface area contributed by atoms with Gasteiger partial charge in [-0.15, -0.1) is 0 Å². The number of pyridine rings is 1. The van der Waals surface area contributed by atoms with E-state index in [-0.39, 0.29) is 0 Å². The number of benzene rings is 1. The predicted octanol–water partition coefficient (Wildman–Crippen LogP) is 1.59. The first-order valence-corrected chi connectivity index (χ1v) is 9.76. The van der Waals surface area contributed by atoms with E-state index in [4.69, 9.17) is 0 Å². The zero-order valence-corrected chi connectivity index (χ0v) is 15.7. The first-order chi connectivity index (χ1) is 13.5. The van der Waals surface area contributed by atoms with Crippen molar-refractivity contribution in [2.24, 2.45) is 11.8 Å². The van der Waals surface area contributed by atoms with Crippen LogP contribution in [-0.4, -0.2) is 47.3 Å². The summed E-state index contributed by atoms with van der Waals surface area (Å²) in [6.07, 6.45) is 2.14. The molecule has 2 aromatic rings. The molecule has 1 saturated carbocycles. The molecule has 0 amide bonds. The molecule has 3 aliphatic rings. The number of aromatic carboxylic acids is 1. The zero-order chi connectivity index (χ0) is 19.6. The van der Waals surface area contributed by atoms with E-state index in [1.54, 1.807) is 0 Å². The van der Waals surface area contributed by atoms with Crippen molar-refractivity contribution in [2.75, 3.05) is 25.0 Å². The summed E-state index contributed by atoms with van der Waals surface area (Å²) < 4.78 is 0. The number of aromatic nitrogens is 1. The van der Waals surface area contributed by atoms with E-state index in [0.717, 1.165) is 48.9 Å². The van der Waals surface area contributed by atoms with Gasteiger partial charge in [0.25, 0.3) is 5.56 Å². The fourth-order valence-electron chi connectivity index (χ4n) is 5.15. The number of carboxylic acid groups (broad SMARTS) is 1. The molecule has 2 unspecified atom stereocenters. The summed E-state index contributed by atoms with van der Waals surface area (Å²) in [6, 6.07) is 6.89. The molecule has 2 fully saturated rings. The monoisotopic (exact) mass is 381 g/mol. The van der Waals surface area contributed by atoms with Gasteiger partial charge in [0.2, 0.25) is 0 Å². The van der Waals surface area contributed by atoms with Gasteiger partial charge in [0.15, 0.2) is 5.56 Å². The van der Waals surface area contributed by atoms with Crippen molar-refractivity contribution in [1.82, 2.24) is 10.3 Å². The second-order valence-electron chi connectivity index (χ2n) is 8.08. The molecule has 1 aromatic carbocycles. The zero-order valence-electron chi connectivity index (χ0n) is 15.7. The van der Waals surface area contributed by atoms with Crippen molar-refractivity contribution in [3.05, 3.63) is 45.2 Å². The number of aromatic hydroxyl groups is 1. The van der Waals surface area contributed by atoms with Gasteiger partial charge in [-0.1, -0.05) is 6.07 Å². The molecule has 2 heterocycles. The fourth-order valence-corrected chi connectivity index (χ4v) is 5.15. The molecule has 4 N–H and O–H groups in total. The van der Waals surface area contributed by atoms with Crippen molar-refractivity contribution < 1.29 is 15.0 Å². The second kappa shape index (κ2) is 6.10. The quantitative estimate of drug-likeness (QED) is 0.643. The summed E-state index contributed by atoms with van der Waals surface area (Å²) in [6.45, 7) is 2.12. The molecule has 1 saturated heterocycles. The van der Waals surface area contributed by atoms with Crippen LogP contribution in [0.5, 0.6) is 5.75 Å². The molecule has 1 aromatic heterocycles. The molecule has 146 valence electrons. The second-order valence-corrected chi connectivity index (χ2v) is 8.08. The lowest BCUT2D eigenvalue weighted by molar-refractivity contribution is 0.0691. The largest absolute Gasteiger partial charge is 0.506 e. The number of H-pyrrole nitrogens is 1. The Morgan fingerprint density at radius 3 is 2.68 bits per heavy atom. The highest BCUT2D eigenvalue weighted by Gasteiger charge is 2.54. The van der Waals surface area contributed by atoms with Crippen LogP contribution >= 0.6 is 0 Å². The Hall–Kier alpha value is -2.80. The highest BCUT2D eigenvalue weighted by Crippen LogP contribution is 2.47. The van der Waals surface area contributed by atoms with Gasteiger partial charge in [-0.05, 0) is 55.8 Å². The van der Waals surface area contributed by atoms with Crippen LogP contribution in [0.1, 0.15) is 27.9 Å². The number of carboxylic acids is 1. The Kier molecular flexibility index (Phi) is 3.77. The number of fused-ring (bicyclic) bond motifs is 4. The molecule has 0 bridgehead atoms. The van der Waals surface area contributed by atoms with Gasteiger partial charge < -0.3 is 25.4 Å². The summed E-state index contributed by atoms with van der Waals surface area (Å²) in [5.74, 6) is -0.352. The molecular formula is C21H23N3O4. The Labute approximate surface area is 162 Å². The normalized spacial score (nSPS) is 24.9. The summed E-state index contributed by atoms with van der Waals surface area (Å²) in [5, 5.41) is 23.1.